The molecule has 1 spiro atoms. The van der Waals surface area contributed by atoms with Crippen molar-refractivity contribution in [2.75, 3.05) is 45.3 Å². The molecule has 8 heteroatoms. The second-order valence-electron chi connectivity index (χ2n) is 11.3. The molecule has 1 amide bonds. The minimum absolute atomic E-state index is 0.00161. The molecular weight excluding hydrogens is 482 g/mol. The van der Waals surface area contributed by atoms with Crippen LogP contribution >= 0.6 is 11.8 Å². The lowest BCUT2D eigenvalue weighted by Crippen LogP contribution is -2.57. The van der Waals surface area contributed by atoms with Gasteiger partial charge in [-0.3, -0.25) is 19.5 Å². The fourth-order valence-corrected chi connectivity index (χ4v) is 7.06. The maximum absolute atomic E-state index is 13.0. The van der Waals surface area contributed by atoms with Gasteiger partial charge in [-0.1, -0.05) is 42.8 Å². The zero-order chi connectivity index (χ0) is 26.0. The van der Waals surface area contributed by atoms with Crippen molar-refractivity contribution in [1.29, 1.82) is 0 Å². The lowest BCUT2D eigenvalue weighted by molar-refractivity contribution is -0.126. The van der Waals surface area contributed by atoms with Crippen molar-refractivity contribution in [3.05, 3.63) is 54.1 Å². The van der Waals surface area contributed by atoms with Crippen molar-refractivity contribution in [3.63, 3.8) is 0 Å². The molecule has 200 valence electrons. The fourth-order valence-electron chi connectivity index (χ4n) is 6.65. The SMILES string of the molecule is CSc1cccc(NC(=O)CN2C[C@]3(CC[C@](c4ccccc4)(N(C)C)CC3)N(CC3CCC3)C2O)n1. The van der Waals surface area contributed by atoms with Gasteiger partial charge < -0.3 is 10.4 Å². The molecule has 5 rings (SSSR count). The zero-order valence-corrected chi connectivity index (χ0v) is 23.2. The zero-order valence-electron chi connectivity index (χ0n) is 22.4. The summed E-state index contributed by atoms with van der Waals surface area (Å²) in [6, 6.07) is 16.5. The molecule has 1 aromatic heterocycles. The van der Waals surface area contributed by atoms with Gasteiger partial charge >= 0.3 is 0 Å². The summed E-state index contributed by atoms with van der Waals surface area (Å²) >= 11 is 1.55. The maximum atomic E-state index is 13.0. The number of aliphatic hydroxyl groups excluding tert-OH is 1. The molecule has 1 unspecified atom stereocenters. The van der Waals surface area contributed by atoms with E-state index in [1.165, 1.54) is 24.8 Å². The summed E-state index contributed by atoms with van der Waals surface area (Å²) in [5, 5.41) is 15.3. The molecule has 2 aromatic rings. The molecule has 1 aliphatic heterocycles. The summed E-state index contributed by atoms with van der Waals surface area (Å²) in [6.07, 6.45) is 9.06. The first-order valence-corrected chi connectivity index (χ1v) is 14.8. The summed E-state index contributed by atoms with van der Waals surface area (Å²) < 4.78 is 0. The van der Waals surface area contributed by atoms with Gasteiger partial charge in [-0.15, -0.1) is 11.8 Å². The van der Waals surface area contributed by atoms with E-state index in [4.69, 9.17) is 0 Å². The quantitative estimate of drug-likeness (QED) is 0.503. The Morgan fingerprint density at radius 3 is 2.46 bits per heavy atom. The van der Waals surface area contributed by atoms with E-state index >= 15 is 0 Å². The Morgan fingerprint density at radius 1 is 1.11 bits per heavy atom. The number of nitrogens with one attached hydrogen (secondary N) is 1. The smallest absolute Gasteiger partial charge is 0.239 e. The molecule has 2 aliphatic carbocycles. The number of carbonyl (C=O) groups is 1. The molecule has 2 saturated carbocycles. The monoisotopic (exact) mass is 523 g/mol. The van der Waals surface area contributed by atoms with E-state index in [0.717, 1.165) is 37.3 Å². The van der Waals surface area contributed by atoms with Crippen LogP contribution in [0.4, 0.5) is 5.82 Å². The topological polar surface area (TPSA) is 71.9 Å². The average molecular weight is 524 g/mol. The number of nitrogens with zero attached hydrogens (tertiary/aromatic N) is 4. The first-order chi connectivity index (χ1) is 17.8. The summed E-state index contributed by atoms with van der Waals surface area (Å²) in [7, 11) is 4.38. The summed E-state index contributed by atoms with van der Waals surface area (Å²) in [5.41, 5.74) is 1.26. The van der Waals surface area contributed by atoms with Crippen LogP contribution in [0.5, 0.6) is 0 Å². The van der Waals surface area contributed by atoms with Crippen LogP contribution in [0.1, 0.15) is 50.5 Å². The Labute approximate surface area is 225 Å². The van der Waals surface area contributed by atoms with Gasteiger partial charge in [0.1, 0.15) is 5.82 Å². The van der Waals surface area contributed by atoms with Gasteiger partial charge in [0.15, 0.2) is 6.35 Å². The molecule has 1 saturated heterocycles. The molecule has 7 nitrogen and oxygen atoms in total. The minimum atomic E-state index is -0.736. The Morgan fingerprint density at radius 2 is 1.84 bits per heavy atom. The second kappa shape index (κ2) is 11.0. The number of hydrogen-bond acceptors (Lipinski definition) is 7. The van der Waals surface area contributed by atoms with Crippen LogP contribution < -0.4 is 5.32 Å². The number of rotatable bonds is 8. The predicted octanol–water partition coefficient (Wildman–Crippen LogP) is 4.21. The number of benzene rings is 1. The second-order valence-corrected chi connectivity index (χ2v) is 12.2. The Hall–Kier alpha value is -1.97. The predicted molar refractivity (Wildman–Crippen MR) is 149 cm³/mol. The summed E-state index contributed by atoms with van der Waals surface area (Å²) in [6.45, 7) is 1.79. The van der Waals surface area contributed by atoms with Gasteiger partial charge in [-0.2, -0.15) is 0 Å². The minimum Gasteiger partial charge on any atom is -0.365 e. The highest BCUT2D eigenvalue weighted by Gasteiger charge is 2.55. The highest BCUT2D eigenvalue weighted by Crippen LogP contribution is 2.50. The summed E-state index contributed by atoms with van der Waals surface area (Å²) in [4.78, 5) is 24.2. The van der Waals surface area contributed by atoms with Crippen molar-refractivity contribution < 1.29 is 9.90 Å². The van der Waals surface area contributed by atoms with E-state index in [9.17, 15) is 9.90 Å². The highest BCUT2D eigenvalue weighted by molar-refractivity contribution is 7.98. The number of pyridine rings is 1. The lowest BCUT2D eigenvalue weighted by Gasteiger charge is -2.52. The van der Waals surface area contributed by atoms with Gasteiger partial charge in [-0.05, 0) is 82.5 Å². The molecule has 37 heavy (non-hydrogen) atoms. The van der Waals surface area contributed by atoms with Gasteiger partial charge in [0.25, 0.3) is 0 Å². The van der Waals surface area contributed by atoms with Gasteiger partial charge in [0.2, 0.25) is 5.91 Å². The van der Waals surface area contributed by atoms with E-state index < -0.39 is 6.35 Å². The molecule has 0 bridgehead atoms. The molecule has 1 aromatic carbocycles. The molecule has 2 heterocycles. The van der Waals surface area contributed by atoms with Crippen LogP contribution in [0.2, 0.25) is 0 Å². The van der Waals surface area contributed by atoms with E-state index in [-0.39, 0.29) is 23.5 Å². The normalized spacial score (nSPS) is 29.1. The van der Waals surface area contributed by atoms with Crippen molar-refractivity contribution in [3.8, 4) is 0 Å². The first kappa shape index (κ1) is 26.6. The van der Waals surface area contributed by atoms with E-state index in [0.29, 0.717) is 18.3 Å². The molecule has 3 aliphatic rings. The third-order valence-electron chi connectivity index (χ3n) is 9.11. The van der Waals surface area contributed by atoms with Gasteiger partial charge in [0.05, 0.1) is 11.6 Å². The average Bonchev–Trinajstić information content (AvgIpc) is 3.12. The Balaban J connectivity index is 1.33. The highest BCUT2D eigenvalue weighted by atomic mass is 32.2. The molecule has 2 N–H and O–H groups in total. The van der Waals surface area contributed by atoms with E-state index in [1.54, 1.807) is 11.8 Å². The van der Waals surface area contributed by atoms with Crippen LogP contribution in [-0.2, 0) is 10.3 Å². The van der Waals surface area contributed by atoms with Gasteiger partial charge in [0, 0.05) is 24.2 Å². The molecule has 1 atom stereocenters. The largest absolute Gasteiger partial charge is 0.365 e. The van der Waals surface area contributed by atoms with Crippen LogP contribution in [0.25, 0.3) is 0 Å². The van der Waals surface area contributed by atoms with E-state index in [2.05, 4.69) is 64.5 Å². The third kappa shape index (κ3) is 5.32. The number of amides is 1. The van der Waals surface area contributed by atoms with E-state index in [1.807, 2.05) is 29.4 Å². The van der Waals surface area contributed by atoms with Crippen molar-refractivity contribution >= 4 is 23.5 Å². The number of aromatic nitrogens is 1. The van der Waals surface area contributed by atoms with Crippen molar-refractivity contribution in [2.45, 2.75) is 67.4 Å². The van der Waals surface area contributed by atoms with Crippen LogP contribution in [0.3, 0.4) is 0 Å². The standard InChI is InChI=1S/C29H41N5O2S/c1-32(2)29(23-11-5-4-6-12-23)17-15-28(16-18-29)21-33(27(36)34(28)19-22-9-7-10-22)20-25(35)30-24-13-8-14-26(31-24)37-3/h4-6,8,11-14,22,27,36H,7,9-10,15-21H2,1-3H3,(H,30,31,35)/t27?,28-,29+. The number of thioether (sulfide) groups is 1. The molecule has 3 fully saturated rings. The number of carbonyl (C=O) groups excluding carboxylic acids is 1. The van der Waals surface area contributed by atoms with Crippen molar-refractivity contribution in [1.82, 2.24) is 19.7 Å². The first-order valence-electron chi connectivity index (χ1n) is 13.6. The van der Waals surface area contributed by atoms with Crippen LogP contribution in [0.15, 0.2) is 53.6 Å². The summed E-state index contributed by atoms with van der Waals surface area (Å²) in [5.74, 6) is 1.07. The maximum Gasteiger partial charge on any atom is 0.239 e. The van der Waals surface area contributed by atoms with Gasteiger partial charge in [-0.25, -0.2) is 4.98 Å². The Bertz CT molecular complexity index is 1070. The van der Waals surface area contributed by atoms with Crippen LogP contribution in [-0.4, -0.2) is 82.6 Å². The fraction of sp³-hybridized carbons (Fsp3) is 0.586. The lowest BCUT2D eigenvalue weighted by atomic mass is 9.68. The number of hydrogen-bond donors (Lipinski definition) is 2. The third-order valence-corrected chi connectivity index (χ3v) is 9.76. The van der Waals surface area contributed by atoms with Crippen molar-refractivity contribution in [2.24, 2.45) is 5.92 Å². The number of anilines is 1. The Kier molecular flexibility index (Phi) is 7.93. The van der Waals surface area contributed by atoms with Crippen LogP contribution in [0, 0.1) is 5.92 Å². The molecule has 0 radical (unpaired) electrons. The number of aliphatic hydroxyl groups is 1. The molecular formula is C29H41N5O2S.